The van der Waals surface area contributed by atoms with Crippen LogP contribution in [0.1, 0.15) is 22.5 Å². The van der Waals surface area contributed by atoms with Crippen molar-refractivity contribution in [3.05, 3.63) is 121 Å². The first kappa shape index (κ1) is 30.4. The largest absolute Gasteiger partial charge is 0.483 e. The number of aryl methyl sites for hydroxylation is 1. The maximum atomic E-state index is 13.6. The Kier molecular flexibility index (Phi) is 9.89. The Hall–Kier alpha value is -4.02. The maximum absolute atomic E-state index is 13.6. The zero-order valence-electron chi connectivity index (χ0n) is 22.6. The topological polar surface area (TPSA) is 96.5 Å². The van der Waals surface area contributed by atoms with E-state index >= 15 is 0 Å². The standard InChI is InChI=1S/C31H23Cl3N4O4S/c1-19-7-10-23(11-8-19)36-28(39)18-42-26-12-9-22(32)14-21(26)15-27-30(40)38(17-24-5-3-13-41-24)31(43-27)37-35-16-20-4-2-6-25(33)29(20)34/h2-16H,17-18H2,1H3,(H,36,39)/b27-15-,35-16-,37-31+. The summed E-state index contributed by atoms with van der Waals surface area (Å²) in [7, 11) is 0. The summed E-state index contributed by atoms with van der Waals surface area (Å²) in [6, 6.07) is 21.0. The quantitative estimate of drug-likeness (QED) is 0.112. The molecular formula is C31H23Cl3N4O4S. The lowest BCUT2D eigenvalue weighted by Gasteiger charge is -2.13. The van der Waals surface area contributed by atoms with Gasteiger partial charge in [-0.3, -0.25) is 14.5 Å². The average Bonchev–Trinajstić information content (AvgIpc) is 3.60. The monoisotopic (exact) mass is 652 g/mol. The summed E-state index contributed by atoms with van der Waals surface area (Å²) in [4.78, 5) is 27.9. The normalized spacial score (nSPS) is 15.2. The highest BCUT2D eigenvalue weighted by Gasteiger charge is 2.34. The Bertz CT molecular complexity index is 1740. The van der Waals surface area contributed by atoms with E-state index in [1.54, 1.807) is 54.6 Å². The van der Waals surface area contributed by atoms with Gasteiger partial charge in [0.05, 0.1) is 34.0 Å². The number of nitrogens with zero attached hydrogens (tertiary/aromatic N) is 3. The fourth-order valence-corrected chi connectivity index (χ4v) is 5.39. The summed E-state index contributed by atoms with van der Waals surface area (Å²) >= 11 is 19.8. The third-order valence-corrected chi connectivity index (χ3v) is 8.12. The van der Waals surface area contributed by atoms with E-state index in [0.29, 0.717) is 53.5 Å². The van der Waals surface area contributed by atoms with E-state index in [1.807, 2.05) is 31.2 Å². The van der Waals surface area contributed by atoms with Crippen molar-refractivity contribution in [1.82, 2.24) is 4.90 Å². The zero-order chi connectivity index (χ0) is 30.3. The molecule has 1 fully saturated rings. The van der Waals surface area contributed by atoms with E-state index in [-0.39, 0.29) is 25.0 Å². The SMILES string of the molecule is Cc1ccc(NC(=O)COc2ccc(Cl)cc2/C=C2\S/C(=N/N=C\c3cccc(Cl)c3Cl)N(Cc3ccco3)C2=O)cc1. The van der Waals surface area contributed by atoms with Gasteiger partial charge < -0.3 is 14.5 Å². The fourth-order valence-electron chi connectivity index (χ4n) is 3.92. The number of carbonyl (C=O) groups excluding carboxylic acids is 2. The van der Waals surface area contributed by atoms with Crippen LogP contribution in [0.4, 0.5) is 5.69 Å². The van der Waals surface area contributed by atoms with Gasteiger partial charge in [-0.25, -0.2) is 0 Å². The summed E-state index contributed by atoms with van der Waals surface area (Å²) in [6.07, 6.45) is 4.63. The molecule has 0 radical (unpaired) electrons. The number of nitrogens with one attached hydrogen (secondary N) is 1. The molecular weight excluding hydrogens is 631 g/mol. The van der Waals surface area contributed by atoms with Gasteiger partial charge in [0.15, 0.2) is 11.8 Å². The van der Waals surface area contributed by atoms with Gasteiger partial charge in [-0.2, -0.15) is 5.10 Å². The number of amides is 2. The molecule has 2 heterocycles. The van der Waals surface area contributed by atoms with Crippen molar-refractivity contribution in [2.45, 2.75) is 13.5 Å². The molecule has 0 aliphatic carbocycles. The lowest BCUT2D eigenvalue weighted by atomic mass is 10.2. The summed E-state index contributed by atoms with van der Waals surface area (Å²) < 4.78 is 11.3. The molecule has 0 atom stereocenters. The minimum atomic E-state index is -0.333. The molecule has 8 nitrogen and oxygen atoms in total. The molecule has 1 aliphatic rings. The first-order valence-corrected chi connectivity index (χ1v) is 14.8. The van der Waals surface area contributed by atoms with E-state index in [2.05, 4.69) is 15.5 Å². The number of furan rings is 1. The first-order valence-electron chi connectivity index (χ1n) is 12.8. The Labute approximate surface area is 267 Å². The van der Waals surface area contributed by atoms with Gasteiger partial charge in [0.25, 0.3) is 11.8 Å². The van der Waals surface area contributed by atoms with Crippen molar-refractivity contribution in [2.24, 2.45) is 10.2 Å². The van der Waals surface area contributed by atoms with Crippen LogP contribution in [-0.4, -0.2) is 34.7 Å². The summed E-state index contributed by atoms with van der Waals surface area (Å²) in [5.74, 6) is 0.289. The zero-order valence-corrected chi connectivity index (χ0v) is 25.7. The smallest absolute Gasteiger partial charge is 0.267 e. The maximum Gasteiger partial charge on any atom is 0.267 e. The minimum absolute atomic E-state index is 0.139. The number of amidine groups is 1. The molecule has 0 bridgehead atoms. The van der Waals surface area contributed by atoms with Gasteiger partial charge in [-0.05, 0) is 73.3 Å². The molecule has 0 saturated carbocycles. The Morgan fingerprint density at radius 1 is 1.05 bits per heavy atom. The van der Waals surface area contributed by atoms with Crippen LogP contribution in [0.2, 0.25) is 15.1 Å². The highest BCUT2D eigenvalue weighted by Crippen LogP contribution is 2.36. The Morgan fingerprint density at radius 2 is 1.86 bits per heavy atom. The van der Waals surface area contributed by atoms with Crippen molar-refractivity contribution in [3.63, 3.8) is 0 Å². The third-order valence-electron chi connectivity index (χ3n) is 6.06. The van der Waals surface area contributed by atoms with E-state index in [0.717, 1.165) is 17.3 Å². The predicted molar refractivity (Wildman–Crippen MR) is 173 cm³/mol. The van der Waals surface area contributed by atoms with Gasteiger partial charge in [-0.1, -0.05) is 64.6 Å². The molecule has 0 spiro atoms. The molecule has 218 valence electrons. The lowest BCUT2D eigenvalue weighted by Crippen LogP contribution is -2.28. The number of carbonyl (C=O) groups is 2. The second kappa shape index (κ2) is 14.0. The van der Waals surface area contributed by atoms with Gasteiger partial charge >= 0.3 is 0 Å². The van der Waals surface area contributed by atoms with Crippen molar-refractivity contribution >= 4 is 81.5 Å². The Morgan fingerprint density at radius 3 is 2.63 bits per heavy atom. The summed E-state index contributed by atoms with van der Waals surface area (Å²) in [6.45, 7) is 1.86. The third kappa shape index (κ3) is 7.88. The molecule has 0 unspecified atom stereocenters. The molecule has 2 amide bonds. The van der Waals surface area contributed by atoms with Crippen LogP contribution in [0.25, 0.3) is 6.08 Å². The molecule has 1 saturated heterocycles. The van der Waals surface area contributed by atoms with Crippen molar-refractivity contribution in [1.29, 1.82) is 0 Å². The van der Waals surface area contributed by atoms with Gasteiger partial charge in [0.2, 0.25) is 0 Å². The van der Waals surface area contributed by atoms with Crippen molar-refractivity contribution < 1.29 is 18.7 Å². The van der Waals surface area contributed by atoms with Gasteiger partial charge in [0, 0.05) is 21.8 Å². The molecule has 12 heteroatoms. The van der Waals surface area contributed by atoms with Gasteiger partial charge in [0.1, 0.15) is 11.5 Å². The highest BCUT2D eigenvalue weighted by atomic mass is 35.5. The fraction of sp³-hybridized carbons (Fsp3) is 0.0968. The van der Waals surface area contributed by atoms with E-state index in [4.69, 9.17) is 44.0 Å². The minimum Gasteiger partial charge on any atom is -0.483 e. The van der Waals surface area contributed by atoms with Crippen LogP contribution < -0.4 is 10.1 Å². The number of halogens is 3. The number of anilines is 1. The van der Waals surface area contributed by atoms with E-state index in [9.17, 15) is 9.59 Å². The van der Waals surface area contributed by atoms with Gasteiger partial charge in [-0.15, -0.1) is 5.10 Å². The first-order chi connectivity index (χ1) is 20.8. The van der Waals surface area contributed by atoms with Crippen LogP contribution in [0.15, 0.2) is 98.6 Å². The highest BCUT2D eigenvalue weighted by molar-refractivity contribution is 8.18. The summed E-state index contributed by atoms with van der Waals surface area (Å²) in [5, 5.41) is 12.7. The second-order valence-electron chi connectivity index (χ2n) is 9.24. The van der Waals surface area contributed by atoms with E-state index in [1.165, 1.54) is 17.4 Å². The number of rotatable bonds is 9. The second-order valence-corrected chi connectivity index (χ2v) is 11.5. The van der Waals surface area contributed by atoms with Crippen molar-refractivity contribution in [2.75, 3.05) is 11.9 Å². The number of benzene rings is 3. The molecule has 1 aliphatic heterocycles. The predicted octanol–water partition coefficient (Wildman–Crippen LogP) is 8.07. The lowest BCUT2D eigenvalue weighted by molar-refractivity contribution is -0.122. The number of hydrogen-bond acceptors (Lipinski definition) is 7. The van der Waals surface area contributed by atoms with Crippen LogP contribution >= 0.6 is 46.6 Å². The molecule has 4 aromatic rings. The molecule has 3 aromatic carbocycles. The molecule has 1 N–H and O–H groups in total. The summed E-state index contributed by atoms with van der Waals surface area (Å²) in [5.41, 5.74) is 2.84. The molecule has 43 heavy (non-hydrogen) atoms. The molecule has 1 aromatic heterocycles. The van der Waals surface area contributed by atoms with Crippen LogP contribution in [-0.2, 0) is 16.1 Å². The number of thioether (sulfide) groups is 1. The van der Waals surface area contributed by atoms with Crippen molar-refractivity contribution in [3.8, 4) is 5.75 Å². The number of hydrogen-bond donors (Lipinski definition) is 1. The van der Waals surface area contributed by atoms with Crippen LogP contribution in [0, 0.1) is 6.92 Å². The Balaban J connectivity index is 1.38. The number of ether oxygens (including phenoxy) is 1. The van der Waals surface area contributed by atoms with Crippen LogP contribution in [0.3, 0.4) is 0 Å². The average molecular weight is 654 g/mol. The molecule has 5 rings (SSSR count). The van der Waals surface area contributed by atoms with Crippen LogP contribution in [0.5, 0.6) is 5.75 Å². The van der Waals surface area contributed by atoms with E-state index < -0.39 is 0 Å².